The number of carbonyl (C=O) groups is 2. The fourth-order valence-electron chi connectivity index (χ4n) is 1.07. The second kappa shape index (κ2) is 2.87. The molecule has 62 valence electrons. The van der Waals surface area contributed by atoms with Gasteiger partial charge in [-0.25, -0.2) is 0 Å². The molecule has 2 atom stereocenters. The van der Waals surface area contributed by atoms with Crippen LogP contribution in [-0.2, 0) is 14.3 Å². The Morgan fingerprint density at radius 2 is 2.09 bits per heavy atom. The third-order valence-corrected chi connectivity index (χ3v) is 1.66. The van der Waals surface area contributed by atoms with Gasteiger partial charge in [-0.3, -0.25) is 9.59 Å². The zero-order valence-electron chi connectivity index (χ0n) is 5.95. The first-order valence-corrected chi connectivity index (χ1v) is 3.30. The number of hydrogen-bond acceptors (Lipinski definition) is 3. The highest BCUT2D eigenvalue weighted by atomic mass is 16.5. The summed E-state index contributed by atoms with van der Waals surface area (Å²) in [4.78, 5) is 20.9. The molecule has 0 spiro atoms. The summed E-state index contributed by atoms with van der Waals surface area (Å²) in [5.41, 5.74) is 9.87. The summed E-state index contributed by atoms with van der Waals surface area (Å²) in [6.07, 6.45) is -0.435. The van der Waals surface area contributed by atoms with Crippen LogP contribution in [0.5, 0.6) is 0 Å². The van der Waals surface area contributed by atoms with E-state index in [0.717, 1.165) is 0 Å². The lowest BCUT2D eigenvalue weighted by Crippen LogP contribution is -2.49. The van der Waals surface area contributed by atoms with Gasteiger partial charge in [0.25, 0.3) is 0 Å². The van der Waals surface area contributed by atoms with Gasteiger partial charge in [0.1, 0.15) is 6.10 Å². The molecule has 4 N–H and O–H groups in total. The van der Waals surface area contributed by atoms with E-state index >= 15 is 0 Å². The molecule has 5 heteroatoms. The fraction of sp³-hybridized carbons (Fsp3) is 0.667. The molecule has 0 aliphatic carbocycles. The van der Waals surface area contributed by atoms with Gasteiger partial charge < -0.3 is 16.2 Å². The molecule has 1 aliphatic heterocycles. The third kappa shape index (κ3) is 1.68. The monoisotopic (exact) mass is 158 g/mol. The summed E-state index contributed by atoms with van der Waals surface area (Å²) in [5.74, 6) is -1.06. The van der Waals surface area contributed by atoms with E-state index in [1.807, 2.05) is 0 Å². The summed E-state index contributed by atoms with van der Waals surface area (Å²) < 4.78 is 4.82. The molecule has 0 aromatic heterocycles. The Kier molecular flexibility index (Phi) is 2.09. The number of ether oxygens (including phenoxy) is 1. The second-order valence-corrected chi connectivity index (χ2v) is 2.59. The normalized spacial score (nSPS) is 29.1. The van der Waals surface area contributed by atoms with Crippen LogP contribution in [0, 0.1) is 5.92 Å². The van der Waals surface area contributed by atoms with Gasteiger partial charge in [-0.15, -0.1) is 0 Å². The van der Waals surface area contributed by atoms with Gasteiger partial charge in [-0.1, -0.05) is 0 Å². The van der Waals surface area contributed by atoms with Crippen molar-refractivity contribution in [2.24, 2.45) is 17.4 Å². The van der Waals surface area contributed by atoms with Crippen LogP contribution in [0.1, 0.15) is 6.42 Å². The summed E-state index contributed by atoms with van der Waals surface area (Å²) in [6, 6.07) is 0. The van der Waals surface area contributed by atoms with Crippen molar-refractivity contribution < 1.29 is 14.3 Å². The summed E-state index contributed by atoms with van der Waals surface area (Å²) in [7, 11) is 0. The Morgan fingerprint density at radius 3 is 2.36 bits per heavy atom. The van der Waals surface area contributed by atoms with Crippen LogP contribution in [0.2, 0.25) is 0 Å². The Bertz CT molecular complexity index is 192. The summed E-state index contributed by atoms with van der Waals surface area (Å²) in [6.45, 7) is 0.399. The Hall–Kier alpha value is -1.10. The van der Waals surface area contributed by atoms with Crippen LogP contribution < -0.4 is 11.5 Å². The Labute approximate surface area is 63.7 Å². The molecule has 0 saturated carbocycles. The van der Waals surface area contributed by atoms with Crippen molar-refractivity contribution in [3.05, 3.63) is 0 Å². The Morgan fingerprint density at radius 1 is 1.45 bits per heavy atom. The van der Waals surface area contributed by atoms with Gasteiger partial charge in [-0.2, -0.15) is 0 Å². The van der Waals surface area contributed by atoms with Crippen LogP contribution in [-0.4, -0.2) is 24.5 Å². The first kappa shape index (κ1) is 8.00. The van der Waals surface area contributed by atoms with Crippen molar-refractivity contribution in [1.82, 2.24) is 0 Å². The Balaban J connectivity index is 2.37. The first-order chi connectivity index (χ1) is 5.11. The minimum absolute atomic E-state index is 0.106. The van der Waals surface area contributed by atoms with Crippen molar-refractivity contribution in [3.8, 4) is 0 Å². The number of hydrogen-bond donors (Lipinski definition) is 2. The van der Waals surface area contributed by atoms with Crippen molar-refractivity contribution in [1.29, 1.82) is 0 Å². The van der Waals surface area contributed by atoms with Crippen molar-refractivity contribution >= 4 is 11.8 Å². The van der Waals surface area contributed by atoms with Crippen molar-refractivity contribution in [2.45, 2.75) is 12.5 Å². The highest BCUT2D eigenvalue weighted by Crippen LogP contribution is 2.22. The van der Waals surface area contributed by atoms with Crippen molar-refractivity contribution in [3.63, 3.8) is 0 Å². The lowest BCUT2D eigenvalue weighted by Gasteiger charge is -2.33. The van der Waals surface area contributed by atoms with Crippen LogP contribution in [0.25, 0.3) is 0 Å². The molecule has 11 heavy (non-hydrogen) atoms. The van der Waals surface area contributed by atoms with E-state index < -0.39 is 17.9 Å². The van der Waals surface area contributed by atoms with Crippen LogP contribution in [0.3, 0.4) is 0 Å². The zero-order valence-corrected chi connectivity index (χ0v) is 5.95. The first-order valence-electron chi connectivity index (χ1n) is 3.30. The smallest absolute Gasteiger partial charge is 0.246 e. The van der Waals surface area contributed by atoms with Gasteiger partial charge in [-0.05, 0) is 0 Å². The van der Waals surface area contributed by atoms with Crippen LogP contribution in [0.15, 0.2) is 0 Å². The second-order valence-electron chi connectivity index (χ2n) is 2.59. The van der Waals surface area contributed by atoms with E-state index in [1.54, 1.807) is 0 Å². The number of nitrogens with two attached hydrogens (primary N) is 2. The highest BCUT2D eigenvalue weighted by Gasteiger charge is 2.37. The molecule has 5 nitrogen and oxygen atoms in total. The molecule has 1 aliphatic rings. The number of carbonyl (C=O) groups excluding carboxylic acids is 2. The van der Waals surface area contributed by atoms with E-state index in [0.29, 0.717) is 6.61 Å². The number of primary amides is 2. The van der Waals surface area contributed by atoms with Gasteiger partial charge in [0, 0.05) is 12.3 Å². The van der Waals surface area contributed by atoms with E-state index in [2.05, 4.69) is 0 Å². The predicted molar refractivity (Wildman–Crippen MR) is 36.2 cm³/mol. The molecule has 2 unspecified atom stereocenters. The van der Waals surface area contributed by atoms with Crippen molar-refractivity contribution in [2.75, 3.05) is 6.61 Å². The summed E-state index contributed by atoms with van der Waals surface area (Å²) in [5, 5.41) is 0. The minimum atomic E-state index is -0.609. The maximum atomic E-state index is 10.5. The molecule has 0 aromatic rings. The largest absolute Gasteiger partial charge is 0.370 e. The van der Waals surface area contributed by atoms with Gasteiger partial charge in [0.05, 0.1) is 6.61 Å². The molecule has 1 rings (SSSR count). The molecular formula is C6H10N2O3. The molecular weight excluding hydrogens is 148 g/mol. The molecule has 0 aromatic carbocycles. The van der Waals surface area contributed by atoms with Crippen LogP contribution >= 0.6 is 0 Å². The van der Waals surface area contributed by atoms with Crippen LogP contribution in [0.4, 0.5) is 0 Å². The third-order valence-electron chi connectivity index (χ3n) is 1.66. The quantitative estimate of drug-likeness (QED) is 0.515. The average molecular weight is 158 g/mol. The van der Waals surface area contributed by atoms with E-state index in [1.165, 1.54) is 0 Å². The highest BCUT2D eigenvalue weighted by molar-refractivity contribution is 5.82. The molecule has 1 saturated heterocycles. The van der Waals surface area contributed by atoms with Gasteiger partial charge in [0.15, 0.2) is 0 Å². The lowest BCUT2D eigenvalue weighted by atomic mass is 9.94. The van der Waals surface area contributed by atoms with E-state index in [-0.39, 0.29) is 12.3 Å². The SMILES string of the molecule is NC(=O)CC1COC1C(N)=O. The molecule has 0 radical (unpaired) electrons. The van der Waals surface area contributed by atoms with E-state index in [4.69, 9.17) is 16.2 Å². The summed E-state index contributed by atoms with van der Waals surface area (Å²) >= 11 is 0. The molecule has 2 amide bonds. The average Bonchev–Trinajstić information content (AvgIpc) is 1.78. The molecule has 1 fully saturated rings. The maximum Gasteiger partial charge on any atom is 0.246 e. The minimum Gasteiger partial charge on any atom is -0.370 e. The fourth-order valence-corrected chi connectivity index (χ4v) is 1.07. The predicted octanol–water partition coefficient (Wildman–Crippen LogP) is -1.64. The van der Waals surface area contributed by atoms with Gasteiger partial charge in [0.2, 0.25) is 11.8 Å². The topological polar surface area (TPSA) is 95.4 Å². The zero-order chi connectivity index (χ0) is 8.43. The van der Waals surface area contributed by atoms with Gasteiger partial charge >= 0.3 is 0 Å². The maximum absolute atomic E-state index is 10.5. The number of amides is 2. The molecule has 0 bridgehead atoms. The van der Waals surface area contributed by atoms with E-state index in [9.17, 15) is 9.59 Å². The molecule has 1 heterocycles. The lowest BCUT2D eigenvalue weighted by molar-refractivity contribution is -0.159. The number of rotatable bonds is 3. The standard InChI is InChI=1S/C6H10N2O3/c7-4(9)1-3-2-11-5(3)6(8)10/h3,5H,1-2H2,(H2,7,9)(H2,8,10).